The molecule has 4 rings (SSSR count). The van der Waals surface area contributed by atoms with E-state index in [1.807, 2.05) is 12.1 Å². The second kappa shape index (κ2) is 6.87. The van der Waals surface area contributed by atoms with Crippen molar-refractivity contribution in [2.45, 2.75) is 25.1 Å². The number of nitrogens with one attached hydrogen (secondary N) is 1. The minimum atomic E-state index is -2.90. The van der Waals surface area contributed by atoms with Crippen LogP contribution >= 0.6 is 11.6 Å². The van der Waals surface area contributed by atoms with Gasteiger partial charge in [0.15, 0.2) is 0 Å². The number of rotatable bonds is 4. The van der Waals surface area contributed by atoms with E-state index in [0.717, 1.165) is 5.56 Å². The van der Waals surface area contributed by atoms with Gasteiger partial charge in [-0.1, -0.05) is 47.0 Å². The number of nitrogens with zero attached hydrogens (tertiary/aromatic N) is 4. The Balaban J connectivity index is 1.73. The second-order valence-electron chi connectivity index (χ2n) is 5.86. The highest BCUT2D eigenvalue weighted by Crippen LogP contribution is 2.40. The Hall–Kier alpha value is -2.74. The predicted octanol–water partition coefficient (Wildman–Crippen LogP) is 4.07. The summed E-state index contributed by atoms with van der Waals surface area (Å²) in [7, 11) is 0. The number of tetrazole rings is 1. The maximum atomic E-state index is 12.8. The minimum absolute atomic E-state index is 0.102. The van der Waals surface area contributed by atoms with E-state index in [0.29, 0.717) is 23.0 Å². The molecule has 134 valence electrons. The van der Waals surface area contributed by atoms with E-state index in [2.05, 4.69) is 20.8 Å². The van der Waals surface area contributed by atoms with Crippen LogP contribution in [0.5, 0.6) is 5.75 Å². The Kier molecular flexibility index (Phi) is 4.42. The van der Waals surface area contributed by atoms with Crippen molar-refractivity contribution in [3.63, 3.8) is 0 Å². The van der Waals surface area contributed by atoms with Crippen LogP contribution in [0.25, 0.3) is 0 Å². The van der Waals surface area contributed by atoms with Gasteiger partial charge in [0.2, 0.25) is 5.95 Å². The standard InChI is InChI=1S/C17H14ClF2N5O/c18-11-7-5-10(6-8-11)13-9-14(25-17(21-13)22-23-24-25)12-3-1-2-4-15(12)26-16(19)20/h1-8,13-14,16H,9H2,(H,21,22,24)/t13-,14+/m0/s1. The second-order valence-corrected chi connectivity index (χ2v) is 6.30. The van der Waals surface area contributed by atoms with Gasteiger partial charge >= 0.3 is 6.61 Å². The number of alkyl halides is 2. The largest absolute Gasteiger partial charge is 0.434 e. The average molecular weight is 378 g/mol. The Morgan fingerprint density at radius 1 is 1.15 bits per heavy atom. The van der Waals surface area contributed by atoms with E-state index in [9.17, 15) is 8.78 Å². The molecule has 1 aliphatic rings. The van der Waals surface area contributed by atoms with Gasteiger partial charge in [0.25, 0.3) is 0 Å². The first-order chi connectivity index (χ1) is 12.6. The highest BCUT2D eigenvalue weighted by Gasteiger charge is 2.32. The third kappa shape index (κ3) is 3.20. The zero-order valence-corrected chi connectivity index (χ0v) is 14.1. The molecule has 6 nitrogen and oxygen atoms in total. The molecule has 0 radical (unpaired) electrons. The minimum Gasteiger partial charge on any atom is -0.434 e. The lowest BCUT2D eigenvalue weighted by atomic mass is 9.93. The molecule has 0 amide bonds. The molecule has 0 unspecified atom stereocenters. The molecular formula is C17H14ClF2N5O. The number of halogens is 3. The number of hydrogen-bond donors (Lipinski definition) is 1. The van der Waals surface area contributed by atoms with Crippen molar-refractivity contribution in [2.75, 3.05) is 5.32 Å². The van der Waals surface area contributed by atoms with Crippen molar-refractivity contribution >= 4 is 17.5 Å². The molecule has 0 saturated carbocycles. The van der Waals surface area contributed by atoms with Crippen LogP contribution in [0.15, 0.2) is 48.5 Å². The summed E-state index contributed by atoms with van der Waals surface area (Å²) in [4.78, 5) is 0. The Morgan fingerprint density at radius 3 is 2.69 bits per heavy atom. The number of para-hydroxylation sites is 1. The average Bonchev–Trinajstić information content (AvgIpc) is 3.10. The third-order valence-corrected chi connectivity index (χ3v) is 4.57. The van der Waals surface area contributed by atoms with E-state index in [1.54, 1.807) is 35.0 Å². The number of anilines is 1. The molecule has 0 aliphatic carbocycles. The lowest BCUT2D eigenvalue weighted by Crippen LogP contribution is -2.28. The topological polar surface area (TPSA) is 64.9 Å². The van der Waals surface area contributed by atoms with E-state index in [-0.39, 0.29) is 17.8 Å². The molecule has 0 fully saturated rings. The van der Waals surface area contributed by atoms with Crippen LogP contribution in [0.2, 0.25) is 5.02 Å². The van der Waals surface area contributed by atoms with Crippen LogP contribution in [-0.4, -0.2) is 26.8 Å². The fraction of sp³-hybridized carbons (Fsp3) is 0.235. The Morgan fingerprint density at radius 2 is 1.92 bits per heavy atom. The van der Waals surface area contributed by atoms with Crippen molar-refractivity contribution < 1.29 is 13.5 Å². The summed E-state index contributed by atoms with van der Waals surface area (Å²) in [6.07, 6.45) is 0.559. The van der Waals surface area contributed by atoms with Crippen molar-refractivity contribution in [1.82, 2.24) is 20.2 Å². The molecule has 2 atom stereocenters. The molecule has 3 aromatic rings. The third-order valence-electron chi connectivity index (χ3n) is 4.32. The van der Waals surface area contributed by atoms with Crippen molar-refractivity contribution in [3.05, 3.63) is 64.7 Å². The molecule has 2 heterocycles. The van der Waals surface area contributed by atoms with Gasteiger partial charge in [0.05, 0.1) is 12.1 Å². The van der Waals surface area contributed by atoms with E-state index >= 15 is 0 Å². The quantitative estimate of drug-likeness (QED) is 0.742. The fourth-order valence-corrected chi connectivity index (χ4v) is 3.29. The molecule has 1 aromatic heterocycles. The number of ether oxygens (including phenoxy) is 1. The Bertz CT molecular complexity index is 902. The maximum absolute atomic E-state index is 12.8. The molecule has 1 aliphatic heterocycles. The summed E-state index contributed by atoms with van der Waals surface area (Å²) in [6, 6.07) is 13.7. The molecule has 26 heavy (non-hydrogen) atoms. The van der Waals surface area contributed by atoms with Crippen LogP contribution in [0.4, 0.5) is 14.7 Å². The summed E-state index contributed by atoms with van der Waals surface area (Å²) >= 11 is 5.96. The molecule has 1 N–H and O–H groups in total. The molecule has 0 saturated heterocycles. The van der Waals surface area contributed by atoms with E-state index in [4.69, 9.17) is 16.3 Å². The van der Waals surface area contributed by atoms with Crippen molar-refractivity contribution in [3.8, 4) is 5.75 Å². The summed E-state index contributed by atoms with van der Waals surface area (Å²) in [5.41, 5.74) is 1.60. The first-order valence-corrected chi connectivity index (χ1v) is 8.33. The van der Waals surface area contributed by atoms with Gasteiger partial charge in [0, 0.05) is 10.6 Å². The smallest absolute Gasteiger partial charge is 0.387 e. The number of fused-ring (bicyclic) bond motifs is 1. The monoisotopic (exact) mass is 377 g/mol. The van der Waals surface area contributed by atoms with Gasteiger partial charge in [-0.25, -0.2) is 4.68 Å². The van der Waals surface area contributed by atoms with Crippen molar-refractivity contribution in [2.24, 2.45) is 0 Å². The molecule has 0 bridgehead atoms. The summed E-state index contributed by atoms with van der Waals surface area (Å²) in [5.74, 6) is 0.582. The van der Waals surface area contributed by atoms with E-state index < -0.39 is 6.61 Å². The molecular weight excluding hydrogens is 364 g/mol. The normalized spacial score (nSPS) is 19.1. The fourth-order valence-electron chi connectivity index (χ4n) is 3.17. The lowest BCUT2D eigenvalue weighted by Gasteiger charge is -2.31. The van der Waals surface area contributed by atoms with Crippen LogP contribution < -0.4 is 10.1 Å². The Labute approximate surface area is 152 Å². The summed E-state index contributed by atoms with van der Waals surface area (Å²) < 4.78 is 31.9. The van der Waals surface area contributed by atoms with Gasteiger partial charge in [-0.05, 0) is 40.6 Å². The zero-order valence-electron chi connectivity index (χ0n) is 13.4. The summed E-state index contributed by atoms with van der Waals surface area (Å²) in [5, 5.41) is 15.6. The summed E-state index contributed by atoms with van der Waals surface area (Å²) in [6.45, 7) is -2.90. The van der Waals surface area contributed by atoms with Crippen molar-refractivity contribution in [1.29, 1.82) is 0 Å². The van der Waals surface area contributed by atoms with Crippen LogP contribution in [0.3, 0.4) is 0 Å². The van der Waals surface area contributed by atoms with E-state index in [1.165, 1.54) is 6.07 Å². The SMILES string of the molecule is FC(F)Oc1ccccc1[C@H]1C[C@@H](c2ccc(Cl)cc2)Nc2nnnn21. The number of hydrogen-bond acceptors (Lipinski definition) is 5. The number of aromatic nitrogens is 4. The first kappa shape index (κ1) is 16.7. The van der Waals surface area contributed by atoms with Crippen LogP contribution in [-0.2, 0) is 0 Å². The van der Waals surface area contributed by atoms with Gasteiger partial charge in [0.1, 0.15) is 5.75 Å². The zero-order chi connectivity index (χ0) is 18.1. The van der Waals surface area contributed by atoms with Crippen LogP contribution in [0.1, 0.15) is 29.6 Å². The lowest BCUT2D eigenvalue weighted by molar-refractivity contribution is -0.0507. The highest BCUT2D eigenvalue weighted by atomic mass is 35.5. The highest BCUT2D eigenvalue weighted by molar-refractivity contribution is 6.30. The number of benzene rings is 2. The molecule has 9 heteroatoms. The molecule has 0 spiro atoms. The van der Waals surface area contributed by atoms with Crippen LogP contribution in [0, 0.1) is 0 Å². The van der Waals surface area contributed by atoms with Gasteiger partial charge in [-0.3, -0.25) is 0 Å². The maximum Gasteiger partial charge on any atom is 0.387 e. The molecule has 2 aromatic carbocycles. The van der Waals surface area contributed by atoms with Gasteiger partial charge in [-0.15, -0.1) is 0 Å². The predicted molar refractivity (Wildman–Crippen MR) is 91.5 cm³/mol. The first-order valence-electron chi connectivity index (χ1n) is 7.95. The van der Waals surface area contributed by atoms with Gasteiger partial charge < -0.3 is 10.1 Å². The van der Waals surface area contributed by atoms with Gasteiger partial charge in [-0.2, -0.15) is 8.78 Å².